The van der Waals surface area contributed by atoms with Crippen molar-refractivity contribution in [1.82, 2.24) is 0 Å². The van der Waals surface area contributed by atoms with E-state index in [-0.39, 0.29) is 11.5 Å². The van der Waals surface area contributed by atoms with E-state index in [4.69, 9.17) is 79.1 Å². The Bertz CT molecular complexity index is 476. The predicted octanol–water partition coefficient (Wildman–Crippen LogP) is 4.24. The molecule has 0 saturated heterocycles. The van der Waals surface area contributed by atoms with E-state index < -0.39 is 19.5 Å². The molecule has 0 aliphatic rings. The zero-order chi connectivity index (χ0) is 15.6. The van der Waals surface area contributed by atoms with Gasteiger partial charge < -0.3 is 9.47 Å². The first-order valence-corrected chi connectivity index (χ1v) is 6.95. The summed E-state index contributed by atoms with van der Waals surface area (Å²) in [6.07, 6.45) is 0. The van der Waals surface area contributed by atoms with Crippen LogP contribution in [-0.4, -0.2) is 19.5 Å². The quantitative estimate of drug-likeness (QED) is 0.423. The Hall–Kier alpha value is -0.100. The number of hydrogen-bond acceptors (Lipinski definition) is 4. The Kier molecular flexibility index (Phi) is 6.08. The molecule has 0 aliphatic carbocycles. The standard InChI is InChI=1S/C10H4Cl6O4/c11-9(12,13)7(17)19-5-2-1-3-6(4-5)20-8(18)10(14,15)16/h1-4H. The van der Waals surface area contributed by atoms with Crippen molar-refractivity contribution in [2.24, 2.45) is 0 Å². The molecule has 0 heterocycles. The lowest BCUT2D eigenvalue weighted by Gasteiger charge is -2.12. The van der Waals surface area contributed by atoms with Crippen LogP contribution in [0, 0.1) is 0 Å². The van der Waals surface area contributed by atoms with Crippen molar-refractivity contribution >= 4 is 81.5 Å². The summed E-state index contributed by atoms with van der Waals surface area (Å²) in [7, 11) is 0. The van der Waals surface area contributed by atoms with E-state index in [1.165, 1.54) is 24.3 Å². The molecule has 0 unspecified atom stereocenters. The van der Waals surface area contributed by atoms with E-state index in [1.807, 2.05) is 0 Å². The van der Waals surface area contributed by atoms with Crippen molar-refractivity contribution in [2.75, 3.05) is 0 Å². The number of alkyl halides is 6. The van der Waals surface area contributed by atoms with E-state index in [0.717, 1.165) is 0 Å². The maximum Gasteiger partial charge on any atom is 0.363 e. The van der Waals surface area contributed by atoms with Gasteiger partial charge in [-0.05, 0) is 12.1 Å². The summed E-state index contributed by atoms with van der Waals surface area (Å²) in [6.45, 7) is 0. The Morgan fingerprint density at radius 2 is 1.15 bits per heavy atom. The Morgan fingerprint density at radius 3 is 1.45 bits per heavy atom. The lowest BCUT2D eigenvalue weighted by Crippen LogP contribution is -2.25. The highest BCUT2D eigenvalue weighted by molar-refractivity contribution is 6.76. The van der Waals surface area contributed by atoms with Gasteiger partial charge in [0.25, 0.3) is 7.59 Å². The number of ether oxygens (including phenoxy) is 2. The number of rotatable bonds is 2. The SMILES string of the molecule is O=C(Oc1cccc(OC(=O)C(Cl)(Cl)Cl)c1)C(Cl)(Cl)Cl. The fourth-order valence-electron chi connectivity index (χ4n) is 0.931. The maximum atomic E-state index is 11.3. The van der Waals surface area contributed by atoms with Crippen LogP contribution in [0.2, 0.25) is 0 Å². The molecule has 0 bridgehead atoms. The number of halogens is 6. The van der Waals surface area contributed by atoms with Crippen molar-refractivity contribution in [3.05, 3.63) is 24.3 Å². The van der Waals surface area contributed by atoms with Crippen LogP contribution in [0.4, 0.5) is 0 Å². The maximum absolute atomic E-state index is 11.3. The second-order valence-corrected chi connectivity index (χ2v) is 7.81. The lowest BCUT2D eigenvalue weighted by atomic mass is 10.3. The van der Waals surface area contributed by atoms with Crippen molar-refractivity contribution in [3.63, 3.8) is 0 Å². The molecule has 0 saturated carbocycles. The Balaban J connectivity index is 2.82. The summed E-state index contributed by atoms with van der Waals surface area (Å²) >= 11 is 32.0. The van der Waals surface area contributed by atoms with Gasteiger partial charge in [-0.3, -0.25) is 0 Å². The van der Waals surface area contributed by atoms with Crippen LogP contribution >= 0.6 is 69.6 Å². The largest absolute Gasteiger partial charge is 0.423 e. The van der Waals surface area contributed by atoms with Crippen LogP contribution in [0.5, 0.6) is 11.5 Å². The molecule has 0 aliphatic heterocycles. The minimum atomic E-state index is -2.23. The molecular formula is C10H4Cl6O4. The van der Waals surface area contributed by atoms with Crippen LogP contribution < -0.4 is 9.47 Å². The van der Waals surface area contributed by atoms with Crippen molar-refractivity contribution in [1.29, 1.82) is 0 Å². The monoisotopic (exact) mass is 398 g/mol. The van der Waals surface area contributed by atoms with Gasteiger partial charge in [0, 0.05) is 6.07 Å². The van der Waals surface area contributed by atoms with Gasteiger partial charge in [-0.2, -0.15) is 0 Å². The third kappa shape index (κ3) is 5.72. The summed E-state index contributed by atoms with van der Waals surface area (Å²) < 4.78 is 5.06. The topological polar surface area (TPSA) is 52.6 Å². The summed E-state index contributed by atoms with van der Waals surface area (Å²) in [5.74, 6) is -2.27. The number of carbonyl (C=O) groups excluding carboxylic acids is 2. The van der Waals surface area contributed by atoms with Crippen molar-refractivity contribution < 1.29 is 19.1 Å². The molecule has 0 fully saturated rings. The van der Waals surface area contributed by atoms with Gasteiger partial charge in [-0.15, -0.1) is 0 Å². The lowest BCUT2D eigenvalue weighted by molar-refractivity contribution is -0.133. The third-order valence-electron chi connectivity index (χ3n) is 1.69. The highest BCUT2D eigenvalue weighted by Crippen LogP contribution is 2.31. The molecular weight excluding hydrogens is 397 g/mol. The minimum absolute atomic E-state index is 0.0176. The number of esters is 2. The second kappa shape index (κ2) is 6.77. The van der Waals surface area contributed by atoms with Gasteiger partial charge in [-0.1, -0.05) is 75.7 Å². The number of carbonyl (C=O) groups is 2. The summed E-state index contributed by atoms with van der Waals surface area (Å²) in [6, 6.07) is 5.35. The average Bonchev–Trinajstić information content (AvgIpc) is 2.26. The van der Waals surface area contributed by atoms with Crippen molar-refractivity contribution in [2.45, 2.75) is 7.59 Å². The molecule has 0 amide bonds. The Morgan fingerprint density at radius 1 is 0.800 bits per heavy atom. The van der Waals surface area contributed by atoms with E-state index in [9.17, 15) is 9.59 Å². The second-order valence-electron chi connectivity index (χ2n) is 3.25. The van der Waals surface area contributed by atoms with E-state index in [2.05, 4.69) is 0 Å². The number of benzene rings is 1. The Labute approximate surface area is 143 Å². The first-order chi connectivity index (χ1) is 9.00. The molecule has 0 radical (unpaired) electrons. The zero-order valence-electron chi connectivity index (χ0n) is 9.21. The van der Waals surface area contributed by atoms with E-state index in [1.54, 1.807) is 0 Å². The van der Waals surface area contributed by atoms with E-state index in [0.29, 0.717) is 0 Å². The first kappa shape index (κ1) is 18.0. The smallest absolute Gasteiger partial charge is 0.363 e. The fraction of sp³-hybridized carbons (Fsp3) is 0.200. The normalized spacial score (nSPS) is 11.9. The third-order valence-corrected chi connectivity index (χ3v) is 2.62. The molecule has 0 atom stereocenters. The molecule has 0 spiro atoms. The minimum Gasteiger partial charge on any atom is -0.423 e. The molecule has 0 N–H and O–H groups in total. The first-order valence-electron chi connectivity index (χ1n) is 4.68. The molecule has 1 aromatic carbocycles. The molecule has 4 nitrogen and oxygen atoms in total. The molecule has 110 valence electrons. The summed E-state index contributed by atoms with van der Waals surface area (Å²) in [4.78, 5) is 22.7. The van der Waals surface area contributed by atoms with Gasteiger partial charge in [0.05, 0.1) is 0 Å². The van der Waals surface area contributed by atoms with Gasteiger partial charge in [-0.25, -0.2) is 9.59 Å². The summed E-state index contributed by atoms with van der Waals surface area (Å²) in [5.41, 5.74) is 0. The highest BCUT2D eigenvalue weighted by atomic mass is 35.6. The van der Waals surface area contributed by atoms with Gasteiger partial charge in [0.1, 0.15) is 11.5 Å². The van der Waals surface area contributed by atoms with Crippen LogP contribution in [0.3, 0.4) is 0 Å². The van der Waals surface area contributed by atoms with Crippen LogP contribution in [-0.2, 0) is 9.59 Å². The molecule has 0 aromatic heterocycles. The molecule has 1 rings (SSSR count). The van der Waals surface area contributed by atoms with Gasteiger partial charge in [0.2, 0.25) is 0 Å². The van der Waals surface area contributed by atoms with Crippen LogP contribution in [0.15, 0.2) is 24.3 Å². The predicted molar refractivity (Wildman–Crippen MR) is 78.3 cm³/mol. The van der Waals surface area contributed by atoms with Gasteiger partial charge >= 0.3 is 11.9 Å². The molecule has 1 aromatic rings. The van der Waals surface area contributed by atoms with E-state index >= 15 is 0 Å². The molecule has 20 heavy (non-hydrogen) atoms. The zero-order valence-corrected chi connectivity index (χ0v) is 13.7. The molecule has 10 heteroatoms. The van der Waals surface area contributed by atoms with Crippen molar-refractivity contribution in [3.8, 4) is 11.5 Å². The fourth-order valence-corrected chi connectivity index (χ4v) is 1.16. The van der Waals surface area contributed by atoms with Gasteiger partial charge in [0.15, 0.2) is 0 Å². The summed E-state index contributed by atoms with van der Waals surface area (Å²) in [5, 5.41) is 0. The van der Waals surface area contributed by atoms with Crippen LogP contribution in [0.25, 0.3) is 0 Å². The van der Waals surface area contributed by atoms with Crippen LogP contribution in [0.1, 0.15) is 0 Å². The average molecular weight is 401 g/mol. The highest BCUT2D eigenvalue weighted by Gasteiger charge is 2.34. The number of hydrogen-bond donors (Lipinski definition) is 0.